The van der Waals surface area contributed by atoms with Crippen LogP contribution in [0.2, 0.25) is 0 Å². The van der Waals surface area contributed by atoms with Crippen LogP contribution in [0.3, 0.4) is 0 Å². The van der Waals surface area contributed by atoms with Gasteiger partial charge in [-0.15, -0.1) is 0 Å². The minimum atomic E-state index is -0.441. The van der Waals surface area contributed by atoms with E-state index in [0.717, 1.165) is 42.7 Å². The smallest absolute Gasteiger partial charge is 0.162 e. The van der Waals surface area contributed by atoms with Crippen LogP contribution in [0, 0.1) is 17.8 Å². The molecule has 0 spiro atoms. The van der Waals surface area contributed by atoms with Crippen LogP contribution in [0.25, 0.3) is 0 Å². The zero-order valence-electron chi connectivity index (χ0n) is 12.6. The Morgan fingerprint density at radius 3 is 2.90 bits per heavy atom. The Kier molecular flexibility index (Phi) is 4.01. The number of aryl methyl sites for hydroxylation is 1. The van der Waals surface area contributed by atoms with Crippen LogP contribution in [0.5, 0.6) is 5.75 Å². The molecule has 4 atom stereocenters. The van der Waals surface area contributed by atoms with E-state index in [1.54, 1.807) is 13.3 Å². The monoisotopic (exact) mass is 278 g/mol. The predicted octanol–water partition coefficient (Wildman–Crippen LogP) is 3.16. The van der Waals surface area contributed by atoms with Crippen molar-refractivity contribution < 1.29 is 9.84 Å². The van der Waals surface area contributed by atoms with Crippen LogP contribution in [0.15, 0.2) is 6.20 Å². The molecule has 0 amide bonds. The van der Waals surface area contributed by atoms with Crippen LogP contribution in [-0.2, 0) is 6.54 Å². The molecule has 0 radical (unpaired) electrons. The summed E-state index contributed by atoms with van der Waals surface area (Å²) in [5.74, 6) is 3.20. The highest BCUT2D eigenvalue weighted by atomic mass is 16.5. The quantitative estimate of drug-likeness (QED) is 0.869. The van der Waals surface area contributed by atoms with Gasteiger partial charge >= 0.3 is 0 Å². The molecular weight excluding hydrogens is 252 g/mol. The summed E-state index contributed by atoms with van der Waals surface area (Å²) in [5.41, 5.74) is 0.872. The van der Waals surface area contributed by atoms with E-state index >= 15 is 0 Å². The van der Waals surface area contributed by atoms with E-state index in [4.69, 9.17) is 4.74 Å². The predicted molar refractivity (Wildman–Crippen MR) is 77.6 cm³/mol. The van der Waals surface area contributed by atoms with Crippen molar-refractivity contribution in [2.75, 3.05) is 7.11 Å². The maximum Gasteiger partial charge on any atom is 0.162 e. The molecule has 1 heterocycles. The minimum Gasteiger partial charge on any atom is -0.493 e. The highest BCUT2D eigenvalue weighted by Crippen LogP contribution is 2.51. The molecule has 2 aliphatic carbocycles. The number of aliphatic hydroxyl groups is 1. The van der Waals surface area contributed by atoms with Gasteiger partial charge in [-0.05, 0) is 49.9 Å². The van der Waals surface area contributed by atoms with Gasteiger partial charge in [0.15, 0.2) is 5.75 Å². The second-order valence-corrected chi connectivity index (χ2v) is 6.51. The lowest BCUT2D eigenvalue weighted by molar-refractivity contribution is 0.114. The molecule has 2 saturated carbocycles. The highest BCUT2D eigenvalue weighted by molar-refractivity contribution is 5.27. The van der Waals surface area contributed by atoms with Crippen molar-refractivity contribution in [3.05, 3.63) is 11.9 Å². The molecule has 3 rings (SSSR count). The fourth-order valence-corrected chi connectivity index (χ4v) is 4.32. The van der Waals surface area contributed by atoms with Gasteiger partial charge in [-0.25, -0.2) is 0 Å². The third kappa shape index (κ3) is 2.46. The molecule has 20 heavy (non-hydrogen) atoms. The van der Waals surface area contributed by atoms with Crippen molar-refractivity contribution in [1.82, 2.24) is 9.78 Å². The van der Waals surface area contributed by atoms with E-state index in [-0.39, 0.29) is 0 Å². The van der Waals surface area contributed by atoms with E-state index in [1.165, 1.54) is 25.7 Å². The van der Waals surface area contributed by atoms with Crippen molar-refractivity contribution >= 4 is 0 Å². The normalized spacial score (nSPS) is 29.9. The van der Waals surface area contributed by atoms with Crippen molar-refractivity contribution in [3.63, 3.8) is 0 Å². The van der Waals surface area contributed by atoms with E-state index in [2.05, 4.69) is 12.0 Å². The van der Waals surface area contributed by atoms with Gasteiger partial charge in [0.1, 0.15) is 5.69 Å². The summed E-state index contributed by atoms with van der Waals surface area (Å²) >= 11 is 0. The lowest BCUT2D eigenvalue weighted by atomic mass is 9.84. The Morgan fingerprint density at radius 1 is 1.45 bits per heavy atom. The number of rotatable bonds is 6. The van der Waals surface area contributed by atoms with Crippen molar-refractivity contribution in [2.45, 2.75) is 58.1 Å². The standard InChI is InChI=1S/C16H26N2O2/c1-3-6-18-16(15(20-2)10-17-18)14(19)9-13-8-11-4-5-12(13)7-11/h10-14,19H,3-9H2,1-2H3. The molecular formula is C16H26N2O2. The molecule has 0 aliphatic heterocycles. The zero-order valence-corrected chi connectivity index (χ0v) is 12.6. The largest absolute Gasteiger partial charge is 0.493 e. The fourth-order valence-electron chi connectivity index (χ4n) is 4.32. The average molecular weight is 278 g/mol. The van der Waals surface area contributed by atoms with Crippen molar-refractivity contribution in [2.24, 2.45) is 17.8 Å². The molecule has 4 heteroatoms. The van der Waals surface area contributed by atoms with E-state index in [9.17, 15) is 5.11 Å². The topological polar surface area (TPSA) is 47.3 Å². The van der Waals surface area contributed by atoms with Gasteiger partial charge in [0.05, 0.1) is 19.4 Å². The van der Waals surface area contributed by atoms with E-state index < -0.39 is 6.10 Å². The number of methoxy groups -OCH3 is 1. The lowest BCUT2D eigenvalue weighted by Gasteiger charge is -2.24. The molecule has 2 fully saturated rings. The summed E-state index contributed by atoms with van der Waals surface area (Å²) in [6.45, 7) is 2.97. The number of fused-ring (bicyclic) bond motifs is 2. The number of aliphatic hydroxyl groups excluding tert-OH is 1. The summed E-state index contributed by atoms with van der Waals surface area (Å²) in [7, 11) is 1.65. The first-order valence-electron chi connectivity index (χ1n) is 8.00. The Bertz CT molecular complexity index is 457. The van der Waals surface area contributed by atoms with Crippen LogP contribution in [0.4, 0.5) is 0 Å². The summed E-state index contributed by atoms with van der Waals surface area (Å²) in [6, 6.07) is 0. The number of hydrogen-bond acceptors (Lipinski definition) is 3. The van der Waals surface area contributed by atoms with Crippen LogP contribution in [0.1, 0.15) is 57.2 Å². The van der Waals surface area contributed by atoms with E-state index in [1.807, 2.05) is 4.68 Å². The molecule has 1 aromatic heterocycles. The molecule has 2 aliphatic rings. The molecule has 4 unspecified atom stereocenters. The summed E-state index contributed by atoms with van der Waals surface area (Å²) in [5, 5.41) is 15.0. The second kappa shape index (κ2) is 5.76. The maximum absolute atomic E-state index is 10.7. The van der Waals surface area contributed by atoms with Gasteiger partial charge in [-0.2, -0.15) is 5.10 Å². The van der Waals surface area contributed by atoms with Crippen molar-refractivity contribution in [1.29, 1.82) is 0 Å². The van der Waals surface area contributed by atoms with Gasteiger partial charge in [0.25, 0.3) is 0 Å². The summed E-state index contributed by atoms with van der Waals surface area (Å²) in [4.78, 5) is 0. The number of hydrogen-bond donors (Lipinski definition) is 1. The first kappa shape index (κ1) is 13.9. The Morgan fingerprint density at radius 2 is 2.30 bits per heavy atom. The number of aromatic nitrogens is 2. The second-order valence-electron chi connectivity index (χ2n) is 6.51. The van der Waals surface area contributed by atoms with Crippen LogP contribution >= 0.6 is 0 Å². The van der Waals surface area contributed by atoms with Gasteiger partial charge in [0, 0.05) is 6.54 Å². The maximum atomic E-state index is 10.7. The molecule has 0 aromatic carbocycles. The average Bonchev–Trinajstić information content (AvgIpc) is 3.13. The number of nitrogens with zero attached hydrogens (tertiary/aromatic N) is 2. The molecule has 4 nitrogen and oxygen atoms in total. The Hall–Kier alpha value is -1.03. The summed E-state index contributed by atoms with van der Waals surface area (Å²) in [6.07, 6.45) is 8.65. The Labute approximate surface area is 121 Å². The third-order valence-electron chi connectivity index (χ3n) is 5.23. The molecule has 0 saturated heterocycles. The fraction of sp³-hybridized carbons (Fsp3) is 0.812. The van der Waals surface area contributed by atoms with Gasteiger partial charge in [0.2, 0.25) is 0 Å². The molecule has 1 N–H and O–H groups in total. The zero-order chi connectivity index (χ0) is 14.1. The third-order valence-corrected chi connectivity index (χ3v) is 5.23. The van der Waals surface area contributed by atoms with Gasteiger partial charge < -0.3 is 9.84 Å². The van der Waals surface area contributed by atoms with E-state index in [0.29, 0.717) is 5.92 Å². The molecule has 2 bridgehead atoms. The first-order valence-corrected chi connectivity index (χ1v) is 8.00. The van der Waals surface area contributed by atoms with Crippen molar-refractivity contribution in [3.8, 4) is 5.75 Å². The summed E-state index contributed by atoms with van der Waals surface area (Å²) < 4.78 is 7.29. The minimum absolute atomic E-state index is 0.441. The number of ether oxygens (including phenoxy) is 1. The van der Waals surface area contributed by atoms with Gasteiger partial charge in [-0.1, -0.05) is 13.3 Å². The molecule has 1 aromatic rings. The van der Waals surface area contributed by atoms with Gasteiger partial charge in [-0.3, -0.25) is 4.68 Å². The first-order chi connectivity index (χ1) is 9.72. The SMILES string of the molecule is CCCn1ncc(OC)c1C(O)CC1CC2CCC1C2. The highest BCUT2D eigenvalue weighted by Gasteiger charge is 2.40. The Balaban J connectivity index is 1.72. The molecule has 112 valence electrons. The van der Waals surface area contributed by atoms with Crippen LogP contribution < -0.4 is 4.74 Å². The van der Waals surface area contributed by atoms with Crippen LogP contribution in [-0.4, -0.2) is 22.0 Å². The lowest BCUT2D eigenvalue weighted by Crippen LogP contribution is -2.17.